The first-order valence-electron chi connectivity index (χ1n) is 8.85. The predicted octanol–water partition coefficient (Wildman–Crippen LogP) is 3.27. The van der Waals surface area contributed by atoms with Gasteiger partial charge in [-0.25, -0.2) is 5.43 Å². The third-order valence-electron chi connectivity index (χ3n) is 4.06. The van der Waals surface area contributed by atoms with Crippen molar-refractivity contribution in [3.8, 4) is 11.5 Å². The van der Waals surface area contributed by atoms with E-state index in [1.807, 2.05) is 31.2 Å². The van der Waals surface area contributed by atoms with Gasteiger partial charge in [0.25, 0.3) is 0 Å². The van der Waals surface area contributed by atoms with E-state index >= 15 is 0 Å². The molecule has 0 aliphatic carbocycles. The highest BCUT2D eigenvalue weighted by Crippen LogP contribution is 2.25. The van der Waals surface area contributed by atoms with Crippen molar-refractivity contribution in [1.29, 1.82) is 0 Å². The van der Waals surface area contributed by atoms with Gasteiger partial charge in [-0.05, 0) is 38.1 Å². The van der Waals surface area contributed by atoms with E-state index in [1.54, 1.807) is 39.3 Å². The van der Waals surface area contributed by atoms with Crippen molar-refractivity contribution in [2.24, 2.45) is 5.10 Å². The van der Waals surface area contributed by atoms with Crippen LogP contribution < -0.4 is 20.2 Å². The van der Waals surface area contributed by atoms with Crippen LogP contribution in [0.2, 0.25) is 0 Å². The van der Waals surface area contributed by atoms with Gasteiger partial charge in [-0.2, -0.15) is 5.10 Å². The number of hydrogen-bond acceptors (Lipinski definition) is 5. The molecule has 0 aromatic heterocycles. The molecule has 0 heterocycles. The highest BCUT2D eigenvalue weighted by Gasteiger charge is 2.10. The van der Waals surface area contributed by atoms with Gasteiger partial charge in [-0.1, -0.05) is 17.7 Å². The fourth-order valence-electron chi connectivity index (χ4n) is 2.45. The zero-order valence-electron chi connectivity index (χ0n) is 16.5. The molecule has 7 nitrogen and oxygen atoms in total. The number of aryl methyl sites for hydroxylation is 1. The molecule has 0 radical (unpaired) electrons. The van der Waals surface area contributed by atoms with Gasteiger partial charge in [0.05, 0.1) is 19.9 Å². The molecule has 0 bridgehead atoms. The fourth-order valence-corrected chi connectivity index (χ4v) is 2.45. The summed E-state index contributed by atoms with van der Waals surface area (Å²) in [7, 11) is 3.13. The second-order valence-electron chi connectivity index (χ2n) is 6.21. The first-order chi connectivity index (χ1) is 13.4. The van der Waals surface area contributed by atoms with Gasteiger partial charge in [-0.15, -0.1) is 0 Å². The van der Waals surface area contributed by atoms with E-state index in [0.717, 1.165) is 11.1 Å². The predicted molar refractivity (Wildman–Crippen MR) is 109 cm³/mol. The summed E-state index contributed by atoms with van der Waals surface area (Å²) in [5.41, 5.74) is 5.60. The Morgan fingerprint density at radius 3 is 2.29 bits per heavy atom. The van der Waals surface area contributed by atoms with Crippen molar-refractivity contribution in [1.82, 2.24) is 5.43 Å². The molecular formula is C21H25N3O4. The fraction of sp³-hybridized carbons (Fsp3) is 0.286. The standard InChI is InChI=1S/C21H25N3O4/c1-14-5-7-16(8-6-14)22-20(25)11-12-21(26)24-23-15(2)18-10-9-17(27-3)13-19(18)28-4/h5-10,13H,11-12H2,1-4H3,(H,22,25)(H,24,26)/b23-15-. The zero-order valence-corrected chi connectivity index (χ0v) is 16.5. The second-order valence-corrected chi connectivity index (χ2v) is 6.21. The summed E-state index contributed by atoms with van der Waals surface area (Å²) in [5, 5.41) is 6.85. The van der Waals surface area contributed by atoms with Gasteiger partial charge in [0, 0.05) is 30.2 Å². The number of amides is 2. The molecule has 0 saturated carbocycles. The van der Waals surface area contributed by atoms with Crippen LogP contribution in [0.3, 0.4) is 0 Å². The molecule has 28 heavy (non-hydrogen) atoms. The van der Waals surface area contributed by atoms with Gasteiger partial charge >= 0.3 is 0 Å². The van der Waals surface area contributed by atoms with E-state index in [-0.39, 0.29) is 24.7 Å². The molecule has 2 N–H and O–H groups in total. The molecular weight excluding hydrogens is 358 g/mol. The quantitative estimate of drug-likeness (QED) is 0.541. The van der Waals surface area contributed by atoms with Crippen LogP contribution >= 0.6 is 0 Å². The number of benzene rings is 2. The average Bonchev–Trinajstić information content (AvgIpc) is 2.71. The summed E-state index contributed by atoms with van der Waals surface area (Å²) in [6.45, 7) is 3.73. The number of nitrogens with one attached hydrogen (secondary N) is 2. The van der Waals surface area contributed by atoms with E-state index in [9.17, 15) is 9.59 Å². The highest BCUT2D eigenvalue weighted by molar-refractivity contribution is 6.02. The summed E-state index contributed by atoms with van der Waals surface area (Å²) >= 11 is 0. The van der Waals surface area contributed by atoms with Crippen LogP contribution in [-0.4, -0.2) is 31.7 Å². The van der Waals surface area contributed by atoms with Crippen LogP contribution in [0, 0.1) is 6.92 Å². The molecule has 148 valence electrons. The topological polar surface area (TPSA) is 89.0 Å². The van der Waals surface area contributed by atoms with Crippen LogP contribution in [0.4, 0.5) is 5.69 Å². The molecule has 0 spiro atoms. The molecule has 0 unspecified atom stereocenters. The lowest BCUT2D eigenvalue weighted by molar-refractivity contribution is -0.124. The van der Waals surface area contributed by atoms with E-state index in [4.69, 9.17) is 9.47 Å². The number of carbonyl (C=O) groups excluding carboxylic acids is 2. The van der Waals surface area contributed by atoms with Gasteiger partial charge < -0.3 is 14.8 Å². The molecule has 0 aliphatic heterocycles. The molecule has 7 heteroatoms. The van der Waals surface area contributed by atoms with Crippen molar-refractivity contribution in [2.45, 2.75) is 26.7 Å². The highest BCUT2D eigenvalue weighted by atomic mass is 16.5. The number of hydrazone groups is 1. The van der Waals surface area contributed by atoms with Crippen molar-refractivity contribution in [3.63, 3.8) is 0 Å². The van der Waals surface area contributed by atoms with E-state index in [0.29, 0.717) is 22.9 Å². The van der Waals surface area contributed by atoms with Crippen LogP contribution in [0.1, 0.15) is 30.9 Å². The Morgan fingerprint density at radius 1 is 0.964 bits per heavy atom. The monoisotopic (exact) mass is 383 g/mol. The number of ether oxygens (including phenoxy) is 2. The normalized spacial score (nSPS) is 10.9. The smallest absolute Gasteiger partial charge is 0.240 e. The van der Waals surface area contributed by atoms with Crippen LogP contribution in [0.15, 0.2) is 47.6 Å². The van der Waals surface area contributed by atoms with Gasteiger partial charge in [0.1, 0.15) is 11.5 Å². The van der Waals surface area contributed by atoms with Gasteiger partial charge in [0.15, 0.2) is 0 Å². The largest absolute Gasteiger partial charge is 0.497 e. The minimum absolute atomic E-state index is 0.0359. The van der Waals surface area contributed by atoms with Crippen LogP contribution in [0.25, 0.3) is 0 Å². The van der Waals surface area contributed by atoms with Crippen LogP contribution in [0.5, 0.6) is 11.5 Å². The maximum atomic E-state index is 12.0. The Morgan fingerprint density at radius 2 is 1.64 bits per heavy atom. The summed E-state index contributed by atoms with van der Waals surface area (Å²) < 4.78 is 10.5. The van der Waals surface area contributed by atoms with Crippen molar-refractivity contribution < 1.29 is 19.1 Å². The molecule has 2 aromatic carbocycles. The average molecular weight is 383 g/mol. The molecule has 2 aromatic rings. The third-order valence-corrected chi connectivity index (χ3v) is 4.06. The maximum Gasteiger partial charge on any atom is 0.240 e. The van der Waals surface area contributed by atoms with E-state index in [2.05, 4.69) is 15.8 Å². The molecule has 2 rings (SSSR count). The number of carbonyl (C=O) groups is 2. The number of rotatable bonds is 8. The van der Waals surface area contributed by atoms with E-state index in [1.165, 1.54) is 0 Å². The molecule has 0 fully saturated rings. The lowest BCUT2D eigenvalue weighted by Crippen LogP contribution is -2.21. The van der Waals surface area contributed by atoms with Crippen LogP contribution in [-0.2, 0) is 9.59 Å². The number of anilines is 1. The lowest BCUT2D eigenvalue weighted by atomic mass is 10.1. The Balaban J connectivity index is 1.87. The first kappa shape index (κ1) is 21.0. The Hall–Kier alpha value is -3.35. The van der Waals surface area contributed by atoms with Crippen molar-refractivity contribution >= 4 is 23.2 Å². The number of nitrogens with zero attached hydrogens (tertiary/aromatic N) is 1. The van der Waals surface area contributed by atoms with Crippen molar-refractivity contribution in [2.75, 3.05) is 19.5 Å². The molecule has 2 amide bonds. The van der Waals surface area contributed by atoms with Gasteiger partial charge in [-0.3, -0.25) is 9.59 Å². The minimum Gasteiger partial charge on any atom is -0.497 e. The maximum absolute atomic E-state index is 12.0. The Labute approximate surface area is 164 Å². The van der Waals surface area contributed by atoms with E-state index < -0.39 is 0 Å². The summed E-state index contributed by atoms with van der Waals surface area (Å²) in [6.07, 6.45) is 0.106. The summed E-state index contributed by atoms with van der Waals surface area (Å²) in [6, 6.07) is 12.8. The van der Waals surface area contributed by atoms with Gasteiger partial charge in [0.2, 0.25) is 11.8 Å². The molecule has 0 aliphatic rings. The minimum atomic E-state index is -0.342. The third kappa shape index (κ3) is 6.12. The summed E-state index contributed by atoms with van der Waals surface area (Å²) in [5.74, 6) is 0.687. The summed E-state index contributed by atoms with van der Waals surface area (Å²) in [4.78, 5) is 23.9. The second kappa shape index (κ2) is 10.1. The Bertz CT molecular complexity index is 860. The molecule has 0 saturated heterocycles. The molecule has 0 atom stereocenters. The number of methoxy groups -OCH3 is 2. The SMILES string of the molecule is COc1ccc(/C(C)=N\NC(=O)CCC(=O)Nc2ccc(C)cc2)c(OC)c1. The first-order valence-corrected chi connectivity index (χ1v) is 8.85. The lowest BCUT2D eigenvalue weighted by Gasteiger charge is -2.10. The number of hydrogen-bond donors (Lipinski definition) is 2. The Kier molecular flexibility index (Phi) is 7.56. The zero-order chi connectivity index (χ0) is 20.5. The van der Waals surface area contributed by atoms with Crippen molar-refractivity contribution in [3.05, 3.63) is 53.6 Å².